The molecule has 0 spiro atoms. The minimum Gasteiger partial charge on any atom is -0.395 e. The smallest absolute Gasteiger partial charge is 0.241 e. The maximum atomic E-state index is 13.0. The Morgan fingerprint density at radius 1 is 1.17 bits per heavy atom. The van der Waals surface area contributed by atoms with Crippen molar-refractivity contribution in [3.05, 3.63) is 72.1 Å². The molecule has 5 nitrogen and oxygen atoms in total. The normalized spacial score (nSPS) is 27.9. The van der Waals surface area contributed by atoms with Crippen LogP contribution in [0.15, 0.2) is 60.9 Å². The Kier molecular flexibility index (Phi) is 6.13. The van der Waals surface area contributed by atoms with Gasteiger partial charge in [0.1, 0.15) is 4.83 Å². The van der Waals surface area contributed by atoms with E-state index in [4.69, 9.17) is 0 Å². The first kappa shape index (κ1) is 20.3. The summed E-state index contributed by atoms with van der Waals surface area (Å²) in [6.45, 7) is 1.81. The topological polar surface area (TPSA) is 56.7 Å². The molecule has 1 saturated heterocycles. The Morgan fingerprint density at radius 3 is 2.59 bits per heavy atom. The van der Waals surface area contributed by atoms with Gasteiger partial charge in [-0.25, -0.2) is 0 Å². The molecule has 4 unspecified atom stereocenters. The summed E-state index contributed by atoms with van der Waals surface area (Å²) >= 11 is 3.58. The molecular weight excluding hydrogens is 430 g/mol. The fourth-order valence-corrected chi connectivity index (χ4v) is 5.29. The van der Waals surface area contributed by atoms with Crippen LogP contribution in [0, 0.1) is 5.92 Å². The lowest BCUT2D eigenvalue weighted by atomic mass is 9.88. The summed E-state index contributed by atoms with van der Waals surface area (Å²) in [4.78, 5) is 20.9. The van der Waals surface area contributed by atoms with Gasteiger partial charge >= 0.3 is 0 Å². The molecule has 0 radical (unpaired) electrons. The molecule has 2 aliphatic rings. The third-order valence-electron chi connectivity index (χ3n) is 6.13. The summed E-state index contributed by atoms with van der Waals surface area (Å²) in [5.41, 5.74) is 3.27. The highest BCUT2D eigenvalue weighted by Crippen LogP contribution is 2.37. The standard InChI is InChI=1S/C23H26BrN3O2/c1-26-21(12-20(22(24)23(26)29)17-7-9-25-10-8-17)18-11-19(15-28)27(14-18)13-16-5-3-2-4-6-16/h2-10,12,18-19,21-22,28H,11,13-15H2,1H3. The predicted octanol–water partition coefficient (Wildman–Crippen LogP) is 2.95. The fraction of sp³-hybridized carbons (Fsp3) is 0.391. The Labute approximate surface area is 180 Å². The van der Waals surface area contributed by atoms with Gasteiger partial charge in [-0.05, 0) is 41.2 Å². The highest BCUT2D eigenvalue weighted by atomic mass is 79.9. The summed E-state index contributed by atoms with van der Waals surface area (Å²) < 4.78 is 0. The zero-order valence-electron chi connectivity index (χ0n) is 16.5. The quantitative estimate of drug-likeness (QED) is 0.704. The third kappa shape index (κ3) is 4.15. The first-order valence-corrected chi connectivity index (χ1v) is 10.9. The molecule has 1 amide bonds. The fourth-order valence-electron chi connectivity index (χ4n) is 4.55. The van der Waals surface area contributed by atoms with E-state index in [0.29, 0.717) is 0 Å². The average molecular weight is 456 g/mol. The van der Waals surface area contributed by atoms with Crippen molar-refractivity contribution in [3.63, 3.8) is 0 Å². The number of carbonyl (C=O) groups excluding carboxylic acids is 1. The number of hydrogen-bond donors (Lipinski definition) is 1. The van der Waals surface area contributed by atoms with Crippen molar-refractivity contribution in [2.24, 2.45) is 5.92 Å². The van der Waals surface area contributed by atoms with Gasteiger partial charge in [-0.3, -0.25) is 14.7 Å². The Hall–Kier alpha value is -2.02. The highest BCUT2D eigenvalue weighted by molar-refractivity contribution is 9.10. The van der Waals surface area contributed by atoms with E-state index in [0.717, 1.165) is 30.6 Å². The number of alkyl halides is 1. The van der Waals surface area contributed by atoms with Gasteiger partial charge in [-0.15, -0.1) is 0 Å². The molecule has 1 aromatic heterocycles. The van der Waals surface area contributed by atoms with Crippen LogP contribution in [-0.4, -0.2) is 62.9 Å². The summed E-state index contributed by atoms with van der Waals surface area (Å²) in [6.07, 6.45) is 6.61. The van der Waals surface area contributed by atoms with Crippen molar-refractivity contribution in [2.45, 2.75) is 29.9 Å². The largest absolute Gasteiger partial charge is 0.395 e. The van der Waals surface area contributed by atoms with Gasteiger partial charge in [0.25, 0.3) is 0 Å². The van der Waals surface area contributed by atoms with Crippen LogP contribution in [0.5, 0.6) is 0 Å². The SMILES string of the molecule is CN1C(=O)C(Br)C(c2ccncc2)=CC1C1CC(CO)N(Cc2ccccc2)C1. The molecule has 1 aromatic carbocycles. The number of amides is 1. The monoisotopic (exact) mass is 455 g/mol. The van der Waals surface area contributed by atoms with E-state index in [2.05, 4.69) is 44.0 Å². The first-order chi connectivity index (χ1) is 14.1. The summed E-state index contributed by atoms with van der Waals surface area (Å²) in [7, 11) is 1.88. The second kappa shape index (κ2) is 8.78. The van der Waals surface area contributed by atoms with Gasteiger partial charge in [0.2, 0.25) is 5.91 Å². The van der Waals surface area contributed by atoms with Gasteiger partial charge in [0, 0.05) is 38.6 Å². The molecule has 3 heterocycles. The van der Waals surface area contributed by atoms with Crippen molar-refractivity contribution < 1.29 is 9.90 Å². The third-order valence-corrected chi connectivity index (χ3v) is 7.02. The van der Waals surface area contributed by atoms with Crippen molar-refractivity contribution >= 4 is 27.4 Å². The van der Waals surface area contributed by atoms with Crippen LogP contribution >= 0.6 is 15.9 Å². The number of aromatic nitrogens is 1. The van der Waals surface area contributed by atoms with Crippen LogP contribution in [0.25, 0.3) is 5.57 Å². The van der Waals surface area contributed by atoms with Gasteiger partial charge in [0.05, 0.1) is 12.6 Å². The Balaban J connectivity index is 1.59. The number of likely N-dealkylation sites (N-methyl/N-ethyl adjacent to an activating group) is 1. The molecule has 1 N–H and O–H groups in total. The molecule has 152 valence electrons. The van der Waals surface area contributed by atoms with Gasteiger partial charge in [0.15, 0.2) is 0 Å². The van der Waals surface area contributed by atoms with Crippen molar-refractivity contribution in [2.75, 3.05) is 20.2 Å². The lowest BCUT2D eigenvalue weighted by Crippen LogP contribution is -2.48. The second-order valence-corrected chi connectivity index (χ2v) is 8.82. The van der Waals surface area contributed by atoms with Gasteiger partial charge < -0.3 is 10.0 Å². The molecule has 6 heteroatoms. The first-order valence-electron chi connectivity index (χ1n) is 10.00. The molecular formula is C23H26BrN3O2. The van der Waals surface area contributed by atoms with Gasteiger partial charge in [-0.2, -0.15) is 0 Å². The van der Waals surface area contributed by atoms with Crippen molar-refractivity contribution in [1.29, 1.82) is 0 Å². The van der Waals surface area contributed by atoms with E-state index in [1.807, 2.05) is 42.3 Å². The van der Waals surface area contributed by atoms with Crippen LogP contribution in [0.4, 0.5) is 0 Å². The molecule has 0 bridgehead atoms. The van der Waals surface area contributed by atoms with Crippen molar-refractivity contribution in [1.82, 2.24) is 14.8 Å². The lowest BCUT2D eigenvalue weighted by molar-refractivity contribution is -0.130. The van der Waals surface area contributed by atoms with E-state index in [1.165, 1.54) is 5.56 Å². The van der Waals surface area contributed by atoms with E-state index >= 15 is 0 Å². The summed E-state index contributed by atoms with van der Waals surface area (Å²) in [5, 5.41) is 9.97. The molecule has 0 aliphatic carbocycles. The molecule has 4 atom stereocenters. The number of hydrogen-bond acceptors (Lipinski definition) is 4. The molecule has 4 rings (SSSR count). The zero-order valence-corrected chi connectivity index (χ0v) is 18.1. The molecule has 0 saturated carbocycles. The minimum absolute atomic E-state index is 0.00860. The van der Waals surface area contributed by atoms with Crippen molar-refractivity contribution in [3.8, 4) is 0 Å². The number of aliphatic hydroxyl groups is 1. The molecule has 1 fully saturated rings. The summed E-state index contributed by atoms with van der Waals surface area (Å²) in [5.74, 6) is 0.355. The second-order valence-electron chi connectivity index (χ2n) is 7.91. The average Bonchev–Trinajstić information content (AvgIpc) is 3.16. The number of aliphatic hydroxyl groups excluding tert-OH is 1. The lowest BCUT2D eigenvalue weighted by Gasteiger charge is -2.37. The highest BCUT2D eigenvalue weighted by Gasteiger charge is 2.42. The van der Waals surface area contributed by atoms with Crippen LogP contribution in [0.3, 0.4) is 0 Å². The Morgan fingerprint density at radius 2 is 1.90 bits per heavy atom. The number of likely N-dealkylation sites (tertiary alicyclic amines) is 1. The van der Waals surface area contributed by atoms with Crippen LogP contribution in [-0.2, 0) is 11.3 Å². The maximum Gasteiger partial charge on any atom is 0.241 e. The Bertz CT molecular complexity index is 874. The number of nitrogens with zero attached hydrogens (tertiary/aromatic N) is 3. The van der Waals surface area contributed by atoms with Gasteiger partial charge in [-0.1, -0.05) is 52.3 Å². The van der Waals surface area contributed by atoms with Crippen LogP contribution in [0.1, 0.15) is 17.5 Å². The van der Waals surface area contributed by atoms with E-state index < -0.39 is 0 Å². The van der Waals surface area contributed by atoms with E-state index in [1.54, 1.807) is 12.4 Å². The van der Waals surface area contributed by atoms with Crippen LogP contribution < -0.4 is 0 Å². The van der Waals surface area contributed by atoms with E-state index in [-0.39, 0.29) is 35.3 Å². The molecule has 2 aliphatic heterocycles. The minimum atomic E-state index is -0.346. The number of halogens is 1. The number of carbonyl (C=O) groups is 1. The number of rotatable bonds is 5. The number of pyridine rings is 1. The molecule has 29 heavy (non-hydrogen) atoms. The predicted molar refractivity (Wildman–Crippen MR) is 117 cm³/mol. The summed E-state index contributed by atoms with van der Waals surface area (Å²) in [6, 6.07) is 14.4. The molecule has 2 aromatic rings. The number of benzene rings is 1. The van der Waals surface area contributed by atoms with E-state index in [9.17, 15) is 9.90 Å². The van der Waals surface area contributed by atoms with Crippen LogP contribution in [0.2, 0.25) is 0 Å². The maximum absolute atomic E-state index is 13.0. The zero-order chi connectivity index (χ0) is 20.4.